The van der Waals surface area contributed by atoms with Gasteiger partial charge in [-0.15, -0.1) is 0 Å². The molecule has 0 amide bonds. The number of ether oxygens (including phenoxy) is 1. The summed E-state index contributed by atoms with van der Waals surface area (Å²) >= 11 is 0. The first kappa shape index (κ1) is 11.4. The summed E-state index contributed by atoms with van der Waals surface area (Å²) in [7, 11) is 0. The quantitative estimate of drug-likeness (QED) is 0.396. The van der Waals surface area contributed by atoms with Crippen molar-refractivity contribution in [1.82, 2.24) is 4.98 Å². The normalized spacial score (nSPS) is 10.5. The number of rotatable bonds is 2. The smallest absolute Gasteiger partial charge is 0.335 e. The van der Waals surface area contributed by atoms with Gasteiger partial charge in [0, 0.05) is 16.8 Å². The zero-order valence-electron chi connectivity index (χ0n) is 10.2. The zero-order valence-corrected chi connectivity index (χ0v) is 10.2. The second kappa shape index (κ2) is 4.53. The van der Waals surface area contributed by atoms with E-state index in [4.69, 9.17) is 4.74 Å². The minimum Gasteiger partial charge on any atom is -0.422 e. The molecule has 0 atom stereocenters. The molecule has 0 fully saturated rings. The lowest BCUT2D eigenvalue weighted by atomic mass is 10.1. The van der Waals surface area contributed by atoms with Crippen molar-refractivity contribution in [2.45, 2.75) is 0 Å². The van der Waals surface area contributed by atoms with E-state index in [9.17, 15) is 4.79 Å². The van der Waals surface area contributed by atoms with Gasteiger partial charge in [0.15, 0.2) is 0 Å². The Morgan fingerprint density at radius 3 is 2.05 bits per heavy atom. The fraction of sp³-hybridized carbons (Fsp3) is 0. The molecule has 0 aliphatic heterocycles. The van der Waals surface area contributed by atoms with Crippen LogP contribution in [0.4, 0.5) is 0 Å². The van der Waals surface area contributed by atoms with Crippen LogP contribution in [0.25, 0.3) is 21.8 Å². The average Bonchev–Trinajstić information content (AvgIpc) is 2.46. The highest BCUT2D eigenvalue weighted by atomic mass is 16.5. The SMILES string of the molecule is C=CC(=O)Oc1c2ccccc2nc2ccccc12. The molecule has 0 aliphatic rings. The third-order valence-electron chi connectivity index (χ3n) is 2.91. The predicted molar refractivity (Wildman–Crippen MR) is 75.1 cm³/mol. The molecule has 3 nitrogen and oxygen atoms in total. The van der Waals surface area contributed by atoms with E-state index in [1.54, 1.807) is 0 Å². The molecule has 0 spiro atoms. The fourth-order valence-corrected chi connectivity index (χ4v) is 2.05. The number of esters is 1. The van der Waals surface area contributed by atoms with Gasteiger partial charge >= 0.3 is 5.97 Å². The summed E-state index contributed by atoms with van der Waals surface area (Å²) in [6.07, 6.45) is 1.16. The lowest BCUT2D eigenvalue weighted by Gasteiger charge is -2.09. The molecule has 92 valence electrons. The van der Waals surface area contributed by atoms with Crippen LogP contribution in [0.15, 0.2) is 61.2 Å². The Balaban J connectivity index is 2.39. The van der Waals surface area contributed by atoms with Gasteiger partial charge in [0.05, 0.1) is 11.0 Å². The van der Waals surface area contributed by atoms with Gasteiger partial charge in [-0.1, -0.05) is 30.8 Å². The van der Waals surface area contributed by atoms with Gasteiger partial charge in [-0.3, -0.25) is 0 Å². The summed E-state index contributed by atoms with van der Waals surface area (Å²) in [5.74, 6) is 0.0626. The van der Waals surface area contributed by atoms with Crippen molar-refractivity contribution in [3.63, 3.8) is 0 Å². The van der Waals surface area contributed by atoms with E-state index in [-0.39, 0.29) is 0 Å². The lowest BCUT2D eigenvalue weighted by molar-refractivity contribution is -0.128. The maximum absolute atomic E-state index is 11.5. The first-order valence-corrected chi connectivity index (χ1v) is 5.91. The van der Waals surface area contributed by atoms with Crippen LogP contribution >= 0.6 is 0 Å². The Labute approximate surface area is 110 Å². The maximum Gasteiger partial charge on any atom is 0.335 e. The molecule has 3 rings (SSSR count). The number of pyridine rings is 1. The molecule has 0 bridgehead atoms. The van der Waals surface area contributed by atoms with Gasteiger partial charge in [-0.05, 0) is 24.3 Å². The second-order valence-electron chi connectivity index (χ2n) is 4.10. The molecule has 2 aromatic carbocycles. The first-order chi connectivity index (χ1) is 9.29. The number of carbonyl (C=O) groups excluding carboxylic acids is 1. The monoisotopic (exact) mass is 249 g/mol. The van der Waals surface area contributed by atoms with E-state index >= 15 is 0 Å². The molecule has 0 N–H and O–H groups in total. The Hall–Kier alpha value is -2.68. The van der Waals surface area contributed by atoms with Gasteiger partial charge in [-0.25, -0.2) is 9.78 Å². The van der Waals surface area contributed by atoms with Gasteiger partial charge < -0.3 is 4.74 Å². The highest BCUT2D eigenvalue weighted by Crippen LogP contribution is 2.32. The van der Waals surface area contributed by atoms with Crippen LogP contribution in [0.5, 0.6) is 5.75 Å². The number of fused-ring (bicyclic) bond motifs is 2. The topological polar surface area (TPSA) is 39.2 Å². The standard InChI is InChI=1S/C16H11NO2/c1-2-15(18)19-16-11-7-3-5-9-13(11)17-14-10-6-4-8-12(14)16/h2-10H,1H2. The van der Waals surface area contributed by atoms with Crippen LogP contribution in [0.2, 0.25) is 0 Å². The van der Waals surface area contributed by atoms with Gasteiger partial charge in [0.1, 0.15) is 5.75 Å². The summed E-state index contributed by atoms with van der Waals surface area (Å²) < 4.78 is 5.39. The van der Waals surface area contributed by atoms with E-state index in [1.807, 2.05) is 48.5 Å². The summed E-state index contributed by atoms with van der Waals surface area (Å²) in [4.78, 5) is 16.1. The predicted octanol–water partition coefficient (Wildman–Crippen LogP) is 3.48. The third-order valence-corrected chi connectivity index (χ3v) is 2.91. The number of carbonyl (C=O) groups is 1. The van der Waals surface area contributed by atoms with Crippen molar-refractivity contribution >= 4 is 27.8 Å². The summed E-state index contributed by atoms with van der Waals surface area (Å²) in [6.45, 7) is 3.43. The summed E-state index contributed by atoms with van der Waals surface area (Å²) in [6, 6.07) is 15.2. The van der Waals surface area contributed by atoms with Crippen LogP contribution < -0.4 is 4.74 Å². The van der Waals surface area contributed by atoms with Crippen molar-refractivity contribution in [3.8, 4) is 5.75 Å². The van der Waals surface area contributed by atoms with Gasteiger partial charge in [-0.2, -0.15) is 0 Å². The Bertz CT molecular complexity index is 739. The van der Waals surface area contributed by atoms with Crippen molar-refractivity contribution in [3.05, 3.63) is 61.2 Å². The highest BCUT2D eigenvalue weighted by molar-refractivity contribution is 6.03. The number of hydrogen-bond acceptors (Lipinski definition) is 3. The zero-order chi connectivity index (χ0) is 13.2. The minimum atomic E-state index is -0.471. The molecular formula is C16H11NO2. The van der Waals surface area contributed by atoms with Crippen LogP contribution in [0.1, 0.15) is 0 Å². The Kier molecular flexibility index (Phi) is 2.72. The molecule has 0 aliphatic carbocycles. The number of hydrogen-bond donors (Lipinski definition) is 0. The molecule has 0 saturated heterocycles. The van der Waals surface area contributed by atoms with Crippen LogP contribution in [0.3, 0.4) is 0 Å². The number of nitrogens with zero attached hydrogens (tertiary/aromatic N) is 1. The summed E-state index contributed by atoms with van der Waals surface area (Å²) in [5.41, 5.74) is 1.60. The minimum absolute atomic E-state index is 0.471. The van der Waals surface area contributed by atoms with E-state index in [0.29, 0.717) is 5.75 Å². The molecule has 3 heteroatoms. The third kappa shape index (κ3) is 1.95. The largest absolute Gasteiger partial charge is 0.422 e. The van der Waals surface area contributed by atoms with Crippen LogP contribution in [-0.4, -0.2) is 11.0 Å². The van der Waals surface area contributed by atoms with Crippen molar-refractivity contribution in [1.29, 1.82) is 0 Å². The Morgan fingerprint density at radius 2 is 1.53 bits per heavy atom. The molecule has 19 heavy (non-hydrogen) atoms. The molecule has 3 aromatic rings. The highest BCUT2D eigenvalue weighted by Gasteiger charge is 2.11. The molecule has 0 unspecified atom stereocenters. The van der Waals surface area contributed by atoms with E-state index in [0.717, 1.165) is 27.9 Å². The van der Waals surface area contributed by atoms with E-state index in [2.05, 4.69) is 11.6 Å². The Morgan fingerprint density at radius 1 is 1.00 bits per heavy atom. The van der Waals surface area contributed by atoms with E-state index in [1.165, 1.54) is 0 Å². The van der Waals surface area contributed by atoms with Crippen molar-refractivity contribution in [2.75, 3.05) is 0 Å². The van der Waals surface area contributed by atoms with E-state index < -0.39 is 5.97 Å². The molecule has 0 radical (unpaired) electrons. The van der Waals surface area contributed by atoms with Gasteiger partial charge in [0.2, 0.25) is 0 Å². The number of benzene rings is 2. The van der Waals surface area contributed by atoms with Gasteiger partial charge in [0.25, 0.3) is 0 Å². The average molecular weight is 249 g/mol. The number of para-hydroxylation sites is 2. The van der Waals surface area contributed by atoms with Crippen LogP contribution in [-0.2, 0) is 4.79 Å². The van der Waals surface area contributed by atoms with Crippen molar-refractivity contribution < 1.29 is 9.53 Å². The maximum atomic E-state index is 11.5. The molecule has 1 aromatic heterocycles. The molecule has 0 saturated carbocycles. The number of aromatic nitrogens is 1. The lowest BCUT2D eigenvalue weighted by Crippen LogP contribution is -2.04. The fourth-order valence-electron chi connectivity index (χ4n) is 2.05. The molecular weight excluding hydrogens is 238 g/mol. The second-order valence-corrected chi connectivity index (χ2v) is 4.10. The molecule has 1 heterocycles. The van der Waals surface area contributed by atoms with Crippen LogP contribution in [0, 0.1) is 0 Å². The van der Waals surface area contributed by atoms with Crippen molar-refractivity contribution in [2.24, 2.45) is 0 Å². The first-order valence-electron chi connectivity index (χ1n) is 5.91. The summed E-state index contributed by atoms with van der Waals surface area (Å²) in [5, 5.41) is 1.63.